The van der Waals surface area contributed by atoms with Gasteiger partial charge in [0.25, 0.3) is 0 Å². The molecule has 1 aliphatic rings. The number of likely N-dealkylation sites (tertiary alicyclic amines) is 1. The summed E-state index contributed by atoms with van der Waals surface area (Å²) in [7, 11) is 5.07. The lowest BCUT2D eigenvalue weighted by molar-refractivity contribution is -0.141. The Labute approximate surface area is 108 Å². The van der Waals surface area contributed by atoms with Gasteiger partial charge in [-0.1, -0.05) is 0 Å². The number of hydrogen-bond donors (Lipinski definition) is 1. The van der Waals surface area contributed by atoms with Gasteiger partial charge in [0, 0.05) is 34.3 Å². The smallest absolute Gasteiger partial charge is 0.244 e. The van der Waals surface area contributed by atoms with E-state index in [9.17, 15) is 9.59 Å². The largest absolute Gasteiger partial charge is 0.383 e. The Balaban J connectivity index is 2.43. The molecule has 6 nitrogen and oxygen atoms in total. The van der Waals surface area contributed by atoms with Crippen molar-refractivity contribution in [3.05, 3.63) is 0 Å². The van der Waals surface area contributed by atoms with Gasteiger partial charge in [-0.2, -0.15) is 0 Å². The van der Waals surface area contributed by atoms with Crippen molar-refractivity contribution in [3.63, 3.8) is 0 Å². The van der Waals surface area contributed by atoms with Crippen molar-refractivity contribution in [1.29, 1.82) is 0 Å². The van der Waals surface area contributed by atoms with E-state index in [0.29, 0.717) is 19.7 Å². The number of nitrogens with zero attached hydrogens (tertiary/aromatic N) is 2. The van der Waals surface area contributed by atoms with Crippen molar-refractivity contribution in [1.82, 2.24) is 15.1 Å². The van der Waals surface area contributed by atoms with Crippen molar-refractivity contribution in [2.45, 2.75) is 18.9 Å². The van der Waals surface area contributed by atoms with Gasteiger partial charge in [-0.25, -0.2) is 0 Å². The third-order valence-electron chi connectivity index (χ3n) is 3.06. The highest BCUT2D eigenvalue weighted by molar-refractivity contribution is 5.88. The molecule has 0 spiro atoms. The number of rotatable bonds is 6. The number of hydrogen-bond acceptors (Lipinski definition) is 4. The van der Waals surface area contributed by atoms with Crippen molar-refractivity contribution in [2.75, 3.05) is 47.4 Å². The van der Waals surface area contributed by atoms with Crippen molar-refractivity contribution in [2.24, 2.45) is 0 Å². The van der Waals surface area contributed by atoms with Crippen LogP contribution in [-0.2, 0) is 14.3 Å². The fourth-order valence-corrected chi connectivity index (χ4v) is 2.09. The van der Waals surface area contributed by atoms with E-state index < -0.39 is 0 Å². The number of nitrogens with one attached hydrogen (secondary N) is 1. The van der Waals surface area contributed by atoms with Gasteiger partial charge in [0.15, 0.2) is 0 Å². The standard InChI is InChI=1S/C12H23N3O3/c1-14(2)12(17)10-5-4-7-15(10)11(16)9-13-6-8-18-3/h10,13H,4-9H2,1-3H3. The number of amides is 2. The highest BCUT2D eigenvalue weighted by Gasteiger charge is 2.34. The highest BCUT2D eigenvalue weighted by Crippen LogP contribution is 2.18. The van der Waals surface area contributed by atoms with Crippen LogP contribution in [-0.4, -0.2) is 75.1 Å². The van der Waals surface area contributed by atoms with E-state index in [1.54, 1.807) is 31.0 Å². The fourth-order valence-electron chi connectivity index (χ4n) is 2.09. The number of likely N-dealkylation sites (N-methyl/N-ethyl adjacent to an activating group) is 1. The van der Waals surface area contributed by atoms with Crippen LogP contribution in [0.5, 0.6) is 0 Å². The molecule has 18 heavy (non-hydrogen) atoms. The van der Waals surface area contributed by atoms with Crippen LogP contribution in [0.2, 0.25) is 0 Å². The van der Waals surface area contributed by atoms with Gasteiger partial charge < -0.3 is 19.9 Å². The topological polar surface area (TPSA) is 61.9 Å². The molecule has 0 aromatic heterocycles. The summed E-state index contributed by atoms with van der Waals surface area (Å²) in [5.41, 5.74) is 0. The van der Waals surface area contributed by atoms with Crippen LogP contribution in [0.15, 0.2) is 0 Å². The molecule has 0 aromatic carbocycles. The second-order valence-corrected chi connectivity index (χ2v) is 4.65. The van der Waals surface area contributed by atoms with Crippen molar-refractivity contribution >= 4 is 11.8 Å². The molecule has 1 aliphatic heterocycles. The minimum atomic E-state index is -0.281. The number of ether oxygens (including phenoxy) is 1. The summed E-state index contributed by atoms with van der Waals surface area (Å²) in [5, 5.41) is 3.01. The minimum Gasteiger partial charge on any atom is -0.383 e. The predicted molar refractivity (Wildman–Crippen MR) is 68.2 cm³/mol. The molecule has 1 rings (SSSR count). The maximum atomic E-state index is 12.0. The van der Waals surface area contributed by atoms with Crippen LogP contribution >= 0.6 is 0 Å². The van der Waals surface area contributed by atoms with Gasteiger partial charge in [0.1, 0.15) is 6.04 Å². The molecule has 104 valence electrons. The summed E-state index contributed by atoms with van der Waals surface area (Å²) in [5.74, 6) is 0.00143. The number of carbonyl (C=O) groups excluding carboxylic acids is 2. The van der Waals surface area contributed by atoms with Gasteiger partial charge in [0.05, 0.1) is 13.2 Å². The van der Waals surface area contributed by atoms with E-state index in [1.165, 1.54) is 0 Å². The van der Waals surface area contributed by atoms with Crippen LogP contribution in [0, 0.1) is 0 Å². The molecule has 0 aliphatic carbocycles. The zero-order valence-electron chi connectivity index (χ0n) is 11.4. The van der Waals surface area contributed by atoms with E-state index in [-0.39, 0.29) is 24.4 Å². The normalized spacial score (nSPS) is 19.1. The summed E-state index contributed by atoms with van der Waals surface area (Å²) in [6.07, 6.45) is 1.66. The molecular weight excluding hydrogens is 234 g/mol. The Morgan fingerprint density at radius 2 is 2.17 bits per heavy atom. The van der Waals surface area contributed by atoms with Gasteiger partial charge >= 0.3 is 0 Å². The van der Waals surface area contributed by atoms with Crippen LogP contribution in [0.25, 0.3) is 0 Å². The Hall–Kier alpha value is -1.14. The molecule has 1 unspecified atom stereocenters. The molecule has 0 bridgehead atoms. The van der Waals surface area contributed by atoms with Gasteiger partial charge in [-0.15, -0.1) is 0 Å². The minimum absolute atomic E-state index is 0.0104. The lowest BCUT2D eigenvalue weighted by Crippen LogP contribution is -2.48. The SMILES string of the molecule is COCCNCC(=O)N1CCCC1C(=O)N(C)C. The first-order valence-corrected chi connectivity index (χ1v) is 6.28. The first-order valence-electron chi connectivity index (χ1n) is 6.28. The fraction of sp³-hybridized carbons (Fsp3) is 0.833. The maximum Gasteiger partial charge on any atom is 0.244 e. The molecule has 1 N–H and O–H groups in total. The van der Waals surface area contributed by atoms with Gasteiger partial charge in [-0.05, 0) is 12.8 Å². The lowest BCUT2D eigenvalue weighted by Gasteiger charge is -2.26. The lowest BCUT2D eigenvalue weighted by atomic mass is 10.2. The van der Waals surface area contributed by atoms with Crippen molar-refractivity contribution < 1.29 is 14.3 Å². The summed E-state index contributed by atoms with van der Waals surface area (Å²) >= 11 is 0. The Morgan fingerprint density at radius 1 is 1.44 bits per heavy atom. The molecule has 0 saturated carbocycles. The molecule has 6 heteroatoms. The average Bonchev–Trinajstić information content (AvgIpc) is 2.82. The number of carbonyl (C=O) groups is 2. The molecule has 1 atom stereocenters. The van der Waals surface area contributed by atoms with E-state index in [1.807, 2.05) is 0 Å². The summed E-state index contributed by atoms with van der Waals surface area (Å²) < 4.78 is 4.89. The monoisotopic (exact) mass is 257 g/mol. The van der Waals surface area contributed by atoms with E-state index >= 15 is 0 Å². The second-order valence-electron chi connectivity index (χ2n) is 4.65. The molecule has 0 radical (unpaired) electrons. The third-order valence-corrected chi connectivity index (χ3v) is 3.06. The zero-order valence-corrected chi connectivity index (χ0v) is 11.4. The van der Waals surface area contributed by atoms with Crippen LogP contribution in [0.3, 0.4) is 0 Å². The summed E-state index contributed by atoms with van der Waals surface area (Å²) in [6, 6.07) is -0.281. The van der Waals surface area contributed by atoms with E-state index in [4.69, 9.17) is 4.74 Å². The Bertz CT molecular complexity index is 294. The average molecular weight is 257 g/mol. The first kappa shape index (κ1) is 14.9. The highest BCUT2D eigenvalue weighted by atomic mass is 16.5. The zero-order chi connectivity index (χ0) is 13.5. The molecule has 1 saturated heterocycles. The Kier molecular flexibility index (Phi) is 6.07. The van der Waals surface area contributed by atoms with E-state index in [0.717, 1.165) is 12.8 Å². The third kappa shape index (κ3) is 3.96. The molecule has 1 heterocycles. The van der Waals surface area contributed by atoms with Crippen LogP contribution in [0.1, 0.15) is 12.8 Å². The summed E-state index contributed by atoms with van der Waals surface area (Å²) in [4.78, 5) is 27.2. The quantitative estimate of drug-likeness (QED) is 0.639. The van der Waals surface area contributed by atoms with Gasteiger partial charge in [-0.3, -0.25) is 9.59 Å². The number of methoxy groups -OCH3 is 1. The Morgan fingerprint density at radius 3 is 2.78 bits per heavy atom. The second kappa shape index (κ2) is 7.33. The first-order chi connectivity index (χ1) is 8.57. The van der Waals surface area contributed by atoms with E-state index in [2.05, 4.69) is 5.32 Å². The molecule has 2 amide bonds. The maximum absolute atomic E-state index is 12.0. The predicted octanol–water partition coefficient (Wildman–Crippen LogP) is -0.698. The molecule has 1 fully saturated rings. The molecule has 0 aromatic rings. The summed E-state index contributed by atoms with van der Waals surface area (Å²) in [6.45, 7) is 2.16. The van der Waals surface area contributed by atoms with Gasteiger partial charge in [0.2, 0.25) is 11.8 Å². The van der Waals surface area contributed by atoms with Crippen LogP contribution < -0.4 is 5.32 Å². The molecular formula is C12H23N3O3. The van der Waals surface area contributed by atoms with Crippen molar-refractivity contribution in [3.8, 4) is 0 Å². The van der Waals surface area contributed by atoms with Crippen LogP contribution in [0.4, 0.5) is 0 Å².